The average Bonchev–Trinajstić information content (AvgIpc) is 3.28. The zero-order chi connectivity index (χ0) is 21.6. The van der Waals surface area contributed by atoms with Crippen LogP contribution in [0.1, 0.15) is 16.1 Å². The first-order valence-corrected chi connectivity index (χ1v) is 9.47. The van der Waals surface area contributed by atoms with E-state index in [1.807, 2.05) is 4.90 Å². The van der Waals surface area contributed by atoms with Gasteiger partial charge in [0.1, 0.15) is 12.4 Å². The maximum Gasteiger partial charge on any atom is 0.419 e. The lowest BCUT2D eigenvalue weighted by Gasteiger charge is -2.36. The van der Waals surface area contributed by atoms with E-state index in [0.29, 0.717) is 37.9 Å². The van der Waals surface area contributed by atoms with Crippen LogP contribution in [-0.2, 0) is 6.18 Å². The Morgan fingerprint density at radius 1 is 1.13 bits per heavy atom. The summed E-state index contributed by atoms with van der Waals surface area (Å²) in [6.07, 6.45) is -3.00. The number of rotatable bonds is 5. The molecule has 1 aromatic carbocycles. The molecular weight excluding hydrogens is 401 g/mol. The minimum Gasteiger partial charge on any atom is -0.491 e. The predicted octanol–water partition coefficient (Wildman–Crippen LogP) is 2.71. The van der Waals surface area contributed by atoms with E-state index in [2.05, 4.69) is 10.3 Å². The van der Waals surface area contributed by atoms with Gasteiger partial charge in [-0.2, -0.15) is 13.2 Å². The number of carbonyl (C=O) groups excluding carboxylic acids is 1. The molecule has 1 aromatic heterocycles. The molecular formula is C20H23F3N4O3. The van der Waals surface area contributed by atoms with E-state index in [9.17, 15) is 18.0 Å². The minimum absolute atomic E-state index is 0.0447. The predicted molar refractivity (Wildman–Crippen MR) is 104 cm³/mol. The number of para-hydroxylation sites is 1. The van der Waals surface area contributed by atoms with Crippen LogP contribution in [0.5, 0.6) is 5.75 Å². The molecule has 162 valence electrons. The highest BCUT2D eigenvalue weighted by atomic mass is 19.4. The number of piperazine rings is 1. The van der Waals surface area contributed by atoms with E-state index >= 15 is 0 Å². The molecule has 0 saturated carbocycles. The SMILES string of the molecule is CN=C(NCCOc1ccccc1C(F)(F)F)N1CCN(C(=O)c2ccco2)CC1. The summed E-state index contributed by atoms with van der Waals surface area (Å²) in [7, 11) is 1.63. The summed E-state index contributed by atoms with van der Waals surface area (Å²) in [6.45, 7) is 2.49. The summed E-state index contributed by atoms with van der Waals surface area (Å²) in [5.41, 5.74) is -0.799. The zero-order valence-electron chi connectivity index (χ0n) is 16.5. The van der Waals surface area contributed by atoms with Gasteiger partial charge in [0.2, 0.25) is 0 Å². The van der Waals surface area contributed by atoms with E-state index in [1.165, 1.54) is 24.5 Å². The van der Waals surface area contributed by atoms with Crippen molar-refractivity contribution < 1.29 is 27.1 Å². The van der Waals surface area contributed by atoms with E-state index < -0.39 is 11.7 Å². The Hall–Kier alpha value is -3.17. The van der Waals surface area contributed by atoms with Crippen molar-refractivity contribution in [1.29, 1.82) is 0 Å². The maximum atomic E-state index is 13.0. The molecule has 0 radical (unpaired) electrons. The normalized spacial score (nSPS) is 15.3. The molecule has 0 spiro atoms. The first kappa shape index (κ1) is 21.5. The number of nitrogens with one attached hydrogen (secondary N) is 1. The van der Waals surface area contributed by atoms with Crippen molar-refractivity contribution in [3.05, 3.63) is 54.0 Å². The number of amides is 1. The maximum absolute atomic E-state index is 13.0. The van der Waals surface area contributed by atoms with Gasteiger partial charge in [0.15, 0.2) is 11.7 Å². The highest BCUT2D eigenvalue weighted by Crippen LogP contribution is 2.35. The Morgan fingerprint density at radius 2 is 1.83 bits per heavy atom. The number of alkyl halides is 3. The first-order chi connectivity index (χ1) is 14.4. The number of benzene rings is 1. The van der Waals surface area contributed by atoms with Crippen molar-refractivity contribution in [2.75, 3.05) is 46.4 Å². The molecule has 10 heteroatoms. The summed E-state index contributed by atoms with van der Waals surface area (Å²) < 4.78 is 49.5. The lowest BCUT2D eigenvalue weighted by atomic mass is 10.2. The third-order valence-corrected chi connectivity index (χ3v) is 4.65. The standard InChI is InChI=1S/C20H23F3N4O3/c1-24-19(25-8-14-30-16-6-3-2-5-15(16)20(21,22)23)27-11-9-26(10-12-27)18(28)17-7-4-13-29-17/h2-7,13H,8-12,14H2,1H3,(H,24,25). The van der Waals surface area contributed by atoms with Gasteiger partial charge in [-0.05, 0) is 24.3 Å². The van der Waals surface area contributed by atoms with Gasteiger partial charge in [0.25, 0.3) is 5.91 Å². The van der Waals surface area contributed by atoms with Crippen LogP contribution in [0.15, 0.2) is 52.1 Å². The van der Waals surface area contributed by atoms with E-state index in [4.69, 9.17) is 9.15 Å². The molecule has 3 rings (SSSR count). The molecule has 2 aromatic rings. The highest BCUT2D eigenvalue weighted by molar-refractivity contribution is 5.91. The molecule has 1 aliphatic heterocycles. The quantitative estimate of drug-likeness (QED) is 0.454. The number of aliphatic imine (C=N–C) groups is 1. The van der Waals surface area contributed by atoms with Gasteiger partial charge in [0.05, 0.1) is 18.4 Å². The second-order valence-corrected chi connectivity index (χ2v) is 6.57. The summed E-state index contributed by atoms with van der Waals surface area (Å²) in [4.78, 5) is 20.2. The Bertz CT molecular complexity index is 860. The molecule has 0 bridgehead atoms. The zero-order valence-corrected chi connectivity index (χ0v) is 16.5. The number of nitrogens with zero attached hydrogens (tertiary/aromatic N) is 3. The first-order valence-electron chi connectivity index (χ1n) is 9.47. The van der Waals surface area contributed by atoms with E-state index in [0.717, 1.165) is 6.07 Å². The second kappa shape index (κ2) is 9.55. The van der Waals surface area contributed by atoms with Crippen molar-refractivity contribution in [2.24, 2.45) is 4.99 Å². The van der Waals surface area contributed by atoms with Crippen molar-refractivity contribution in [1.82, 2.24) is 15.1 Å². The van der Waals surface area contributed by atoms with Gasteiger partial charge >= 0.3 is 6.18 Å². The fraction of sp³-hybridized carbons (Fsp3) is 0.400. The fourth-order valence-electron chi connectivity index (χ4n) is 3.16. The molecule has 0 unspecified atom stereocenters. The van der Waals surface area contributed by atoms with E-state index in [-0.39, 0.29) is 24.8 Å². The Labute approximate surface area is 172 Å². The molecule has 0 atom stereocenters. The lowest BCUT2D eigenvalue weighted by Crippen LogP contribution is -2.54. The van der Waals surface area contributed by atoms with Gasteiger partial charge in [-0.3, -0.25) is 9.79 Å². The summed E-state index contributed by atoms with van der Waals surface area (Å²) in [6, 6.07) is 8.42. The topological polar surface area (TPSA) is 70.3 Å². The summed E-state index contributed by atoms with van der Waals surface area (Å²) in [5.74, 6) is 0.557. The third-order valence-electron chi connectivity index (χ3n) is 4.65. The molecule has 1 saturated heterocycles. The summed E-state index contributed by atoms with van der Waals surface area (Å²) in [5, 5.41) is 3.09. The van der Waals surface area contributed by atoms with Crippen molar-refractivity contribution in [2.45, 2.75) is 6.18 Å². The number of ether oxygens (including phenoxy) is 1. The third kappa shape index (κ3) is 5.25. The van der Waals surface area contributed by atoms with Crippen LogP contribution in [0.2, 0.25) is 0 Å². The molecule has 2 heterocycles. The summed E-state index contributed by atoms with van der Waals surface area (Å²) >= 11 is 0. The molecule has 0 aliphatic carbocycles. The van der Waals surface area contributed by atoms with Crippen LogP contribution in [0.25, 0.3) is 0 Å². The van der Waals surface area contributed by atoms with Crippen LogP contribution >= 0.6 is 0 Å². The van der Waals surface area contributed by atoms with Crippen molar-refractivity contribution >= 4 is 11.9 Å². The smallest absolute Gasteiger partial charge is 0.419 e. The van der Waals surface area contributed by atoms with Crippen LogP contribution < -0.4 is 10.1 Å². The van der Waals surface area contributed by atoms with Crippen LogP contribution in [-0.4, -0.2) is 68.0 Å². The Kier molecular flexibility index (Phi) is 6.86. The molecule has 1 amide bonds. The molecule has 30 heavy (non-hydrogen) atoms. The number of halogens is 3. The highest BCUT2D eigenvalue weighted by Gasteiger charge is 2.34. The fourth-order valence-corrected chi connectivity index (χ4v) is 3.16. The number of hydrogen-bond acceptors (Lipinski definition) is 4. The van der Waals surface area contributed by atoms with Crippen molar-refractivity contribution in [3.8, 4) is 5.75 Å². The molecule has 1 N–H and O–H groups in total. The van der Waals surface area contributed by atoms with Gasteiger partial charge in [-0.15, -0.1) is 0 Å². The monoisotopic (exact) mass is 424 g/mol. The van der Waals surface area contributed by atoms with E-state index in [1.54, 1.807) is 24.1 Å². The van der Waals surface area contributed by atoms with Crippen LogP contribution in [0, 0.1) is 0 Å². The lowest BCUT2D eigenvalue weighted by molar-refractivity contribution is -0.138. The number of guanidine groups is 1. The van der Waals surface area contributed by atoms with Gasteiger partial charge in [-0.25, -0.2) is 0 Å². The number of carbonyl (C=O) groups is 1. The van der Waals surface area contributed by atoms with Crippen LogP contribution in [0.4, 0.5) is 13.2 Å². The molecule has 1 aliphatic rings. The number of furan rings is 1. The largest absolute Gasteiger partial charge is 0.491 e. The number of hydrogen-bond donors (Lipinski definition) is 1. The average molecular weight is 424 g/mol. The molecule has 7 nitrogen and oxygen atoms in total. The van der Waals surface area contributed by atoms with Gasteiger partial charge in [-0.1, -0.05) is 12.1 Å². The van der Waals surface area contributed by atoms with Gasteiger partial charge in [0, 0.05) is 33.2 Å². The Morgan fingerprint density at radius 3 is 2.47 bits per heavy atom. The van der Waals surface area contributed by atoms with Gasteiger partial charge < -0.3 is 24.3 Å². The second-order valence-electron chi connectivity index (χ2n) is 6.57. The molecule has 1 fully saturated rings. The van der Waals surface area contributed by atoms with Crippen LogP contribution in [0.3, 0.4) is 0 Å². The van der Waals surface area contributed by atoms with Crippen molar-refractivity contribution in [3.63, 3.8) is 0 Å². The minimum atomic E-state index is -4.47. The Balaban J connectivity index is 1.46.